The van der Waals surface area contributed by atoms with Crippen molar-refractivity contribution in [3.63, 3.8) is 0 Å². The summed E-state index contributed by atoms with van der Waals surface area (Å²) in [5, 5.41) is 1.75. The number of fused-ring (bicyclic) bond motifs is 1. The Bertz CT molecular complexity index is 1470. The average molecular weight is 458 g/mol. The highest BCUT2D eigenvalue weighted by Gasteiger charge is 2.15. The minimum absolute atomic E-state index is 0.218. The number of para-hydroxylation sites is 2. The van der Waals surface area contributed by atoms with Crippen molar-refractivity contribution >= 4 is 32.4 Å². The van der Waals surface area contributed by atoms with Crippen LogP contribution in [0.1, 0.15) is 5.56 Å². The number of hydrogen-bond acceptors (Lipinski definition) is 5. The summed E-state index contributed by atoms with van der Waals surface area (Å²) in [5.41, 5.74) is 6.06. The van der Waals surface area contributed by atoms with Crippen LogP contribution in [-0.2, 0) is 16.6 Å². The Labute approximate surface area is 190 Å². The second-order valence-corrected chi connectivity index (χ2v) is 10.2. The Kier molecular flexibility index (Phi) is 5.53. The molecule has 0 spiro atoms. The molecule has 0 saturated heterocycles. The molecule has 7 heteroatoms. The molecule has 0 radical (unpaired) electrons. The van der Waals surface area contributed by atoms with Gasteiger partial charge in [0.2, 0.25) is 10.0 Å². The molecule has 1 N–H and O–H groups in total. The Balaban J connectivity index is 1.48. The fourth-order valence-electron chi connectivity index (χ4n) is 3.44. The predicted octanol–water partition coefficient (Wildman–Crippen LogP) is 5.50. The molecule has 0 saturated carbocycles. The maximum atomic E-state index is 12.4. The number of rotatable bonds is 6. The third-order valence-electron chi connectivity index (χ3n) is 5.07. The van der Waals surface area contributed by atoms with Gasteiger partial charge in [-0.3, -0.25) is 0 Å². The molecule has 3 aromatic carbocycles. The van der Waals surface area contributed by atoms with Crippen molar-refractivity contribution in [2.75, 3.05) is 0 Å². The second-order valence-electron chi connectivity index (χ2n) is 7.23. The minimum Gasteiger partial charge on any atom is -0.244 e. The molecule has 0 fully saturated rings. The molecule has 32 heavy (non-hydrogen) atoms. The summed E-state index contributed by atoms with van der Waals surface area (Å²) in [6.45, 7) is 0.218. The molecule has 5 aromatic rings. The third-order valence-corrected chi connectivity index (χ3v) is 7.87. The zero-order valence-corrected chi connectivity index (χ0v) is 18.6. The predicted molar refractivity (Wildman–Crippen MR) is 129 cm³/mol. The van der Waals surface area contributed by atoms with Crippen LogP contribution >= 0.6 is 11.3 Å². The molecule has 5 nitrogen and oxygen atoms in total. The lowest BCUT2D eigenvalue weighted by molar-refractivity contribution is 0.583. The SMILES string of the molecule is O=S(=O)(NCc1ccc(-c2nc3ccccc3nc2-c2ccccc2)cc1)c1cccs1. The molecule has 0 aliphatic carbocycles. The van der Waals surface area contributed by atoms with Crippen LogP contribution in [0.15, 0.2) is 101 Å². The van der Waals surface area contributed by atoms with Crippen LogP contribution in [0.3, 0.4) is 0 Å². The van der Waals surface area contributed by atoms with Gasteiger partial charge in [0.05, 0.1) is 22.4 Å². The standard InChI is InChI=1S/C25H19N3O2S2/c29-32(30,23-11-6-16-31-23)26-17-18-12-14-20(15-13-18)25-24(19-7-2-1-3-8-19)27-21-9-4-5-10-22(21)28-25/h1-16,26H,17H2. The third kappa shape index (κ3) is 4.18. The van der Waals surface area contributed by atoms with Crippen LogP contribution in [0.4, 0.5) is 0 Å². The lowest BCUT2D eigenvalue weighted by Crippen LogP contribution is -2.22. The summed E-state index contributed by atoms with van der Waals surface area (Å²) in [5.74, 6) is 0. The first-order valence-corrected chi connectivity index (χ1v) is 12.4. The summed E-state index contributed by atoms with van der Waals surface area (Å²) < 4.78 is 27.7. The van der Waals surface area contributed by atoms with Crippen LogP contribution in [0.25, 0.3) is 33.5 Å². The molecule has 0 atom stereocenters. The lowest BCUT2D eigenvalue weighted by Gasteiger charge is -2.11. The highest BCUT2D eigenvalue weighted by Crippen LogP contribution is 2.31. The number of sulfonamides is 1. The van der Waals surface area contributed by atoms with Gasteiger partial charge in [-0.05, 0) is 29.1 Å². The van der Waals surface area contributed by atoms with Gasteiger partial charge in [-0.1, -0.05) is 72.8 Å². The zero-order chi connectivity index (χ0) is 22.0. The quantitative estimate of drug-likeness (QED) is 0.365. The van der Waals surface area contributed by atoms with Crippen LogP contribution < -0.4 is 4.72 Å². The maximum Gasteiger partial charge on any atom is 0.250 e. The van der Waals surface area contributed by atoms with E-state index in [1.165, 1.54) is 11.3 Å². The molecule has 158 valence electrons. The zero-order valence-electron chi connectivity index (χ0n) is 17.0. The van der Waals surface area contributed by atoms with Gasteiger partial charge in [-0.2, -0.15) is 0 Å². The molecule has 0 bridgehead atoms. The van der Waals surface area contributed by atoms with Crippen molar-refractivity contribution < 1.29 is 8.42 Å². The van der Waals surface area contributed by atoms with Gasteiger partial charge in [0.15, 0.2) is 0 Å². The van der Waals surface area contributed by atoms with Gasteiger partial charge < -0.3 is 0 Å². The first-order valence-electron chi connectivity index (χ1n) is 10.0. The van der Waals surface area contributed by atoms with Crippen molar-refractivity contribution in [2.24, 2.45) is 0 Å². The molecule has 0 amide bonds. The topological polar surface area (TPSA) is 72.0 Å². The molecule has 0 aliphatic heterocycles. The number of benzene rings is 3. The molecule has 2 aromatic heterocycles. The molecular weight excluding hydrogens is 438 g/mol. The van der Waals surface area contributed by atoms with Crippen molar-refractivity contribution in [3.05, 3.63) is 102 Å². The van der Waals surface area contributed by atoms with E-state index in [0.717, 1.165) is 39.1 Å². The highest BCUT2D eigenvalue weighted by molar-refractivity contribution is 7.91. The van der Waals surface area contributed by atoms with Gasteiger partial charge in [0, 0.05) is 17.7 Å². The van der Waals surface area contributed by atoms with Crippen molar-refractivity contribution in [1.82, 2.24) is 14.7 Å². The number of aromatic nitrogens is 2. The normalized spacial score (nSPS) is 11.6. The van der Waals surface area contributed by atoms with Crippen LogP contribution in [-0.4, -0.2) is 18.4 Å². The van der Waals surface area contributed by atoms with E-state index in [9.17, 15) is 8.42 Å². The first-order chi connectivity index (χ1) is 15.6. The lowest BCUT2D eigenvalue weighted by atomic mass is 10.0. The summed E-state index contributed by atoms with van der Waals surface area (Å²) in [4.78, 5) is 9.79. The number of thiophene rings is 1. The van der Waals surface area contributed by atoms with E-state index in [-0.39, 0.29) is 6.54 Å². The van der Waals surface area contributed by atoms with Gasteiger partial charge in [-0.25, -0.2) is 23.1 Å². The maximum absolute atomic E-state index is 12.4. The van der Waals surface area contributed by atoms with Crippen LogP contribution in [0.2, 0.25) is 0 Å². The number of hydrogen-bond donors (Lipinski definition) is 1. The molecule has 0 aliphatic rings. The first kappa shape index (κ1) is 20.5. The van der Waals surface area contributed by atoms with E-state index in [2.05, 4.69) is 4.72 Å². The van der Waals surface area contributed by atoms with Gasteiger partial charge >= 0.3 is 0 Å². The van der Waals surface area contributed by atoms with Crippen molar-refractivity contribution in [3.8, 4) is 22.5 Å². The van der Waals surface area contributed by atoms with Gasteiger partial charge in [0.25, 0.3) is 0 Å². The van der Waals surface area contributed by atoms with Crippen molar-refractivity contribution in [2.45, 2.75) is 10.8 Å². The largest absolute Gasteiger partial charge is 0.250 e. The van der Waals surface area contributed by atoms with Gasteiger partial charge in [-0.15, -0.1) is 11.3 Å². The average Bonchev–Trinajstić information content (AvgIpc) is 3.39. The summed E-state index contributed by atoms with van der Waals surface area (Å²) >= 11 is 1.20. The second kappa shape index (κ2) is 8.63. The Morgan fingerprint density at radius 2 is 1.28 bits per heavy atom. The summed E-state index contributed by atoms with van der Waals surface area (Å²) in [6, 6.07) is 28.9. The number of nitrogens with one attached hydrogen (secondary N) is 1. The van der Waals surface area contributed by atoms with E-state index in [1.807, 2.05) is 78.9 Å². The molecule has 0 unspecified atom stereocenters. The van der Waals surface area contributed by atoms with E-state index >= 15 is 0 Å². The van der Waals surface area contributed by atoms with Crippen LogP contribution in [0.5, 0.6) is 0 Å². The van der Waals surface area contributed by atoms with E-state index in [1.54, 1.807) is 17.5 Å². The smallest absolute Gasteiger partial charge is 0.244 e. The van der Waals surface area contributed by atoms with Gasteiger partial charge in [0.1, 0.15) is 4.21 Å². The highest BCUT2D eigenvalue weighted by atomic mass is 32.2. The fraction of sp³-hybridized carbons (Fsp3) is 0.0400. The van der Waals surface area contributed by atoms with E-state index < -0.39 is 10.0 Å². The Hall–Kier alpha value is -3.39. The molecular formula is C25H19N3O2S2. The number of nitrogens with zero attached hydrogens (tertiary/aromatic N) is 2. The summed E-state index contributed by atoms with van der Waals surface area (Å²) in [6.07, 6.45) is 0. The Morgan fingerprint density at radius 3 is 1.88 bits per heavy atom. The van der Waals surface area contributed by atoms with E-state index in [0.29, 0.717) is 4.21 Å². The Morgan fingerprint density at radius 1 is 0.688 bits per heavy atom. The van der Waals surface area contributed by atoms with E-state index in [4.69, 9.17) is 9.97 Å². The minimum atomic E-state index is -3.50. The van der Waals surface area contributed by atoms with Crippen molar-refractivity contribution in [1.29, 1.82) is 0 Å². The fourth-order valence-corrected chi connectivity index (χ4v) is 5.50. The summed E-state index contributed by atoms with van der Waals surface area (Å²) in [7, 11) is -3.50. The van der Waals surface area contributed by atoms with Crippen LogP contribution in [0, 0.1) is 0 Å². The molecule has 2 heterocycles. The monoisotopic (exact) mass is 457 g/mol. The molecule has 5 rings (SSSR count).